The SMILES string of the molecule is NC1CCC(Nc2ccc(S(=O)(=O)NCCNc3nc(NC4CCC(N)CC4)nc4c3ncn4C3CCCC3)cc2)CC1. The van der Waals surface area contributed by atoms with Crippen molar-refractivity contribution in [3.63, 3.8) is 0 Å². The maximum Gasteiger partial charge on any atom is 0.240 e. The molecule has 0 atom stereocenters. The van der Waals surface area contributed by atoms with E-state index < -0.39 is 10.0 Å². The zero-order chi connectivity index (χ0) is 29.8. The first kappa shape index (κ1) is 30.0. The number of hydrogen-bond acceptors (Lipinski definition) is 10. The maximum atomic E-state index is 13.0. The zero-order valence-corrected chi connectivity index (χ0v) is 25.7. The first-order chi connectivity index (χ1) is 20.8. The quantitative estimate of drug-likeness (QED) is 0.175. The third kappa shape index (κ3) is 7.39. The number of anilines is 3. The van der Waals surface area contributed by atoms with Crippen LogP contribution in [0.2, 0.25) is 0 Å². The smallest absolute Gasteiger partial charge is 0.240 e. The standard InChI is InChI=1S/C30H46N10O2S/c31-20-5-9-22(10-6-20)36-23-13-15-26(16-14-23)43(41,42)35-18-17-33-28-27-29(40(19-34-27)25-3-1-2-4-25)39-30(38-28)37-24-11-7-21(32)8-12-24/h13-16,19-22,24-25,35-36H,1-12,17-18,31-32H2,(H2,33,37,38,39). The number of nitrogens with two attached hydrogens (primary N) is 2. The van der Waals surface area contributed by atoms with Crippen LogP contribution in [0.4, 0.5) is 17.5 Å². The molecular weight excluding hydrogens is 564 g/mol. The Morgan fingerprint density at radius 3 is 2.07 bits per heavy atom. The van der Waals surface area contributed by atoms with Crippen molar-refractivity contribution in [1.29, 1.82) is 0 Å². The van der Waals surface area contributed by atoms with E-state index in [0.717, 1.165) is 75.5 Å². The van der Waals surface area contributed by atoms with Crippen LogP contribution >= 0.6 is 0 Å². The molecule has 2 aromatic heterocycles. The molecule has 13 heteroatoms. The number of benzene rings is 1. The molecule has 3 aromatic rings. The highest BCUT2D eigenvalue weighted by molar-refractivity contribution is 7.89. The first-order valence-electron chi connectivity index (χ1n) is 16.0. The van der Waals surface area contributed by atoms with Crippen LogP contribution in [-0.2, 0) is 10.0 Å². The van der Waals surface area contributed by atoms with E-state index in [4.69, 9.17) is 21.4 Å². The van der Waals surface area contributed by atoms with Gasteiger partial charge in [0.1, 0.15) is 0 Å². The molecule has 1 aromatic carbocycles. The summed E-state index contributed by atoms with van der Waals surface area (Å²) in [6.07, 6.45) is 14.6. The average molecular weight is 611 g/mol. The van der Waals surface area contributed by atoms with E-state index in [1.807, 2.05) is 18.5 Å². The molecule has 0 amide bonds. The van der Waals surface area contributed by atoms with Gasteiger partial charge in [-0.15, -0.1) is 0 Å². The van der Waals surface area contributed by atoms with E-state index in [1.165, 1.54) is 12.8 Å². The summed E-state index contributed by atoms with van der Waals surface area (Å²) in [6, 6.07) is 8.55. The van der Waals surface area contributed by atoms with Crippen LogP contribution in [0.1, 0.15) is 83.1 Å². The molecule has 43 heavy (non-hydrogen) atoms. The average Bonchev–Trinajstić information content (AvgIpc) is 3.68. The summed E-state index contributed by atoms with van der Waals surface area (Å²) in [5, 5.41) is 10.4. The summed E-state index contributed by atoms with van der Waals surface area (Å²) in [5.41, 5.74) is 14.6. The van der Waals surface area contributed by atoms with E-state index in [-0.39, 0.29) is 23.5 Å². The molecule has 8 N–H and O–H groups in total. The van der Waals surface area contributed by atoms with Crippen molar-refractivity contribution in [3.8, 4) is 0 Å². The minimum atomic E-state index is -3.66. The Kier molecular flexibility index (Phi) is 9.31. The Bertz CT molecular complexity index is 1460. The van der Waals surface area contributed by atoms with Crippen molar-refractivity contribution < 1.29 is 8.42 Å². The fourth-order valence-corrected chi connectivity index (χ4v) is 7.71. The fraction of sp³-hybridized carbons (Fsp3) is 0.633. The second kappa shape index (κ2) is 13.3. The highest BCUT2D eigenvalue weighted by Gasteiger charge is 2.24. The molecule has 3 aliphatic rings. The molecule has 0 saturated heterocycles. The third-order valence-electron chi connectivity index (χ3n) is 9.26. The number of rotatable bonds is 11. The Morgan fingerprint density at radius 2 is 1.42 bits per heavy atom. The summed E-state index contributed by atoms with van der Waals surface area (Å²) >= 11 is 0. The number of sulfonamides is 1. The summed E-state index contributed by atoms with van der Waals surface area (Å²) in [7, 11) is -3.66. The van der Waals surface area contributed by atoms with Gasteiger partial charge in [-0.2, -0.15) is 9.97 Å². The molecule has 3 fully saturated rings. The van der Waals surface area contributed by atoms with Gasteiger partial charge in [0.05, 0.1) is 11.2 Å². The van der Waals surface area contributed by atoms with Crippen LogP contribution in [0.5, 0.6) is 0 Å². The largest absolute Gasteiger partial charge is 0.382 e. The van der Waals surface area contributed by atoms with E-state index >= 15 is 0 Å². The highest BCUT2D eigenvalue weighted by Crippen LogP contribution is 2.33. The Morgan fingerprint density at radius 1 is 0.791 bits per heavy atom. The van der Waals surface area contributed by atoms with Crippen LogP contribution in [-0.4, -0.2) is 65.2 Å². The zero-order valence-electron chi connectivity index (χ0n) is 24.8. The van der Waals surface area contributed by atoms with Crippen LogP contribution < -0.4 is 32.1 Å². The number of fused-ring (bicyclic) bond motifs is 1. The van der Waals surface area contributed by atoms with Crippen molar-refractivity contribution in [1.82, 2.24) is 24.2 Å². The number of aromatic nitrogens is 4. The normalized spacial score (nSPS) is 25.2. The molecule has 0 radical (unpaired) electrons. The van der Waals surface area contributed by atoms with Gasteiger partial charge in [-0.05, 0) is 88.5 Å². The van der Waals surface area contributed by atoms with Crippen LogP contribution in [0, 0.1) is 0 Å². The molecule has 0 unspecified atom stereocenters. The molecule has 3 saturated carbocycles. The lowest BCUT2D eigenvalue weighted by Gasteiger charge is -2.27. The number of nitrogens with one attached hydrogen (secondary N) is 4. The molecule has 6 rings (SSSR count). The number of imidazole rings is 1. The molecule has 3 aliphatic carbocycles. The van der Waals surface area contributed by atoms with Crippen molar-refractivity contribution in [3.05, 3.63) is 30.6 Å². The van der Waals surface area contributed by atoms with Gasteiger partial charge < -0.3 is 32.0 Å². The second-order valence-corrected chi connectivity index (χ2v) is 14.3. The molecule has 0 bridgehead atoms. The predicted octanol–water partition coefficient (Wildman–Crippen LogP) is 3.70. The second-order valence-electron chi connectivity index (χ2n) is 12.5. The van der Waals surface area contributed by atoms with Gasteiger partial charge >= 0.3 is 0 Å². The monoisotopic (exact) mass is 610 g/mol. The van der Waals surface area contributed by atoms with Crippen molar-refractivity contribution >= 4 is 38.6 Å². The Labute approximate surface area is 254 Å². The van der Waals surface area contributed by atoms with Gasteiger partial charge in [0, 0.05) is 49.0 Å². The van der Waals surface area contributed by atoms with E-state index in [0.29, 0.717) is 42.0 Å². The van der Waals surface area contributed by atoms with E-state index in [9.17, 15) is 8.42 Å². The molecular formula is C30H46N10O2S. The van der Waals surface area contributed by atoms with Crippen molar-refractivity contribution in [2.24, 2.45) is 11.5 Å². The minimum absolute atomic E-state index is 0.197. The highest BCUT2D eigenvalue weighted by atomic mass is 32.2. The maximum absolute atomic E-state index is 13.0. The fourth-order valence-electron chi connectivity index (χ4n) is 6.68. The first-order valence-corrected chi connectivity index (χ1v) is 17.4. The van der Waals surface area contributed by atoms with Gasteiger partial charge in [-0.1, -0.05) is 12.8 Å². The molecule has 234 valence electrons. The summed E-state index contributed by atoms with van der Waals surface area (Å²) in [4.78, 5) is 14.6. The van der Waals surface area contributed by atoms with Crippen molar-refractivity contribution in [2.75, 3.05) is 29.0 Å². The van der Waals surface area contributed by atoms with Gasteiger partial charge in [0.25, 0.3) is 0 Å². The lowest BCUT2D eigenvalue weighted by Crippen LogP contribution is -2.33. The lowest BCUT2D eigenvalue weighted by molar-refractivity contribution is 0.410. The van der Waals surface area contributed by atoms with Gasteiger partial charge in [0.15, 0.2) is 17.0 Å². The minimum Gasteiger partial charge on any atom is -0.382 e. The molecule has 2 heterocycles. The summed E-state index contributed by atoms with van der Waals surface area (Å²) in [6.45, 7) is 0.547. The van der Waals surface area contributed by atoms with Gasteiger partial charge in [-0.3, -0.25) is 0 Å². The molecule has 0 aliphatic heterocycles. The van der Waals surface area contributed by atoms with E-state index in [1.54, 1.807) is 12.1 Å². The Hall–Kier alpha value is -3.00. The Balaban J connectivity index is 1.09. The van der Waals surface area contributed by atoms with Gasteiger partial charge in [-0.25, -0.2) is 18.1 Å². The number of nitrogens with zero attached hydrogens (tertiary/aromatic N) is 4. The van der Waals surface area contributed by atoms with Crippen LogP contribution in [0.3, 0.4) is 0 Å². The third-order valence-corrected chi connectivity index (χ3v) is 10.7. The van der Waals surface area contributed by atoms with Crippen LogP contribution in [0.25, 0.3) is 11.2 Å². The lowest BCUT2D eigenvalue weighted by atomic mass is 9.92. The van der Waals surface area contributed by atoms with Gasteiger partial charge in [0.2, 0.25) is 16.0 Å². The molecule has 12 nitrogen and oxygen atoms in total. The van der Waals surface area contributed by atoms with E-state index in [2.05, 4.69) is 30.2 Å². The predicted molar refractivity (Wildman–Crippen MR) is 171 cm³/mol. The molecule has 0 spiro atoms. The number of hydrogen-bond donors (Lipinski definition) is 6. The summed E-state index contributed by atoms with van der Waals surface area (Å²) < 4.78 is 30.9. The van der Waals surface area contributed by atoms with Crippen LogP contribution in [0.15, 0.2) is 35.5 Å². The van der Waals surface area contributed by atoms with Crippen molar-refractivity contribution in [2.45, 2.75) is 112 Å². The topological polar surface area (TPSA) is 178 Å². The summed E-state index contributed by atoms with van der Waals surface area (Å²) in [5.74, 6) is 1.18.